The maximum absolute atomic E-state index is 13.3. The molecule has 2 amide bonds. The van der Waals surface area contributed by atoms with Gasteiger partial charge in [0, 0.05) is 18.6 Å². The van der Waals surface area contributed by atoms with Crippen LogP contribution in [0.4, 0.5) is 5.69 Å². The summed E-state index contributed by atoms with van der Waals surface area (Å²) in [5, 5.41) is 3.10. The van der Waals surface area contributed by atoms with Crippen molar-refractivity contribution in [2.24, 2.45) is 0 Å². The van der Waals surface area contributed by atoms with Crippen molar-refractivity contribution >= 4 is 39.1 Å². The number of sulfonamides is 1. The highest BCUT2D eigenvalue weighted by molar-refractivity contribution is 7.92. The molecule has 9 heteroatoms. The summed E-state index contributed by atoms with van der Waals surface area (Å²) >= 11 is 5.95. The summed E-state index contributed by atoms with van der Waals surface area (Å²) in [4.78, 5) is 27.0. The number of carbonyl (C=O) groups excluding carboxylic acids is 2. The molecule has 1 unspecified atom stereocenters. The Morgan fingerprint density at radius 1 is 1.00 bits per heavy atom. The molecule has 0 fully saturated rings. The van der Waals surface area contributed by atoms with Crippen LogP contribution in [-0.2, 0) is 26.2 Å². The molecule has 0 heterocycles. The topological polar surface area (TPSA) is 86.8 Å². The molecule has 2 rings (SSSR count). The van der Waals surface area contributed by atoms with Gasteiger partial charge in [-0.2, -0.15) is 0 Å². The lowest BCUT2D eigenvalue weighted by Gasteiger charge is -2.31. The Balaban J connectivity index is 2.36. The largest absolute Gasteiger partial charge is 0.357 e. The fourth-order valence-electron chi connectivity index (χ4n) is 3.22. The van der Waals surface area contributed by atoms with Gasteiger partial charge in [0.15, 0.2) is 0 Å². The molecule has 0 aliphatic heterocycles. The molecule has 174 valence electrons. The normalized spacial score (nSPS) is 12.3. The molecular formula is C23H30ClN3O4S. The second-order valence-electron chi connectivity index (χ2n) is 7.95. The van der Waals surface area contributed by atoms with E-state index >= 15 is 0 Å². The lowest BCUT2D eigenvalue weighted by Crippen LogP contribution is -2.50. The van der Waals surface area contributed by atoms with Crippen molar-refractivity contribution in [2.45, 2.75) is 39.3 Å². The average molecular weight is 480 g/mol. The van der Waals surface area contributed by atoms with Crippen LogP contribution in [0, 0.1) is 0 Å². The zero-order valence-electron chi connectivity index (χ0n) is 19.0. The van der Waals surface area contributed by atoms with Gasteiger partial charge in [0.25, 0.3) is 0 Å². The van der Waals surface area contributed by atoms with Crippen molar-refractivity contribution in [2.75, 3.05) is 24.2 Å². The van der Waals surface area contributed by atoms with Gasteiger partial charge >= 0.3 is 0 Å². The number of nitrogens with zero attached hydrogens (tertiary/aromatic N) is 2. The number of anilines is 1. The maximum atomic E-state index is 13.3. The van der Waals surface area contributed by atoms with Crippen molar-refractivity contribution in [3.05, 3.63) is 64.7 Å². The number of likely N-dealkylation sites (N-methyl/N-ethyl adjacent to an activating group) is 1. The van der Waals surface area contributed by atoms with E-state index in [1.54, 1.807) is 43.3 Å². The fraction of sp³-hybridized carbons (Fsp3) is 0.391. The lowest BCUT2D eigenvalue weighted by atomic mass is 10.0. The molecule has 32 heavy (non-hydrogen) atoms. The lowest BCUT2D eigenvalue weighted by molar-refractivity contribution is -0.139. The predicted molar refractivity (Wildman–Crippen MR) is 128 cm³/mol. The summed E-state index contributed by atoms with van der Waals surface area (Å²) < 4.78 is 26.1. The van der Waals surface area contributed by atoms with Crippen LogP contribution in [0.2, 0.25) is 5.02 Å². The molecule has 0 aliphatic rings. The van der Waals surface area contributed by atoms with Crippen LogP contribution < -0.4 is 9.62 Å². The molecule has 0 radical (unpaired) electrons. The third-order valence-corrected chi connectivity index (χ3v) is 6.60. The van der Waals surface area contributed by atoms with Crippen LogP contribution in [-0.4, -0.2) is 51.0 Å². The Morgan fingerprint density at radius 2 is 1.56 bits per heavy atom. The van der Waals surface area contributed by atoms with E-state index in [1.807, 2.05) is 26.0 Å². The fourth-order valence-corrected chi connectivity index (χ4v) is 4.19. The van der Waals surface area contributed by atoms with Gasteiger partial charge in [-0.3, -0.25) is 13.9 Å². The molecule has 0 saturated heterocycles. The Bertz CT molecular complexity index is 1040. The summed E-state index contributed by atoms with van der Waals surface area (Å²) in [5.74, 6) is -0.547. The zero-order valence-corrected chi connectivity index (χ0v) is 20.6. The summed E-state index contributed by atoms with van der Waals surface area (Å²) in [5.41, 5.74) is 2.22. The van der Waals surface area contributed by atoms with Crippen molar-refractivity contribution in [3.63, 3.8) is 0 Å². The Kier molecular flexibility index (Phi) is 8.69. The zero-order chi connectivity index (χ0) is 24.1. The standard InChI is InChI=1S/C23H30ClN3O4S/c1-16(2)19-8-12-21(13-9-19)27(32(5,30)31)15-22(28)26(17(3)23(29)25-4)14-18-6-10-20(24)11-7-18/h6-13,16-17H,14-15H2,1-5H3,(H,25,29). The first-order valence-corrected chi connectivity index (χ1v) is 12.5. The van der Waals surface area contributed by atoms with E-state index in [4.69, 9.17) is 11.6 Å². The van der Waals surface area contributed by atoms with E-state index < -0.39 is 28.5 Å². The van der Waals surface area contributed by atoms with Gasteiger partial charge in [-0.05, 0) is 48.2 Å². The highest BCUT2D eigenvalue weighted by Gasteiger charge is 2.29. The van der Waals surface area contributed by atoms with E-state index in [0.29, 0.717) is 16.6 Å². The minimum absolute atomic E-state index is 0.133. The maximum Gasteiger partial charge on any atom is 0.244 e. The van der Waals surface area contributed by atoms with E-state index in [2.05, 4.69) is 5.32 Å². The first-order valence-electron chi connectivity index (χ1n) is 10.3. The van der Waals surface area contributed by atoms with Crippen LogP contribution in [0.15, 0.2) is 48.5 Å². The third kappa shape index (κ3) is 6.71. The Hall–Kier alpha value is -2.58. The number of nitrogens with one attached hydrogen (secondary N) is 1. The van der Waals surface area contributed by atoms with Gasteiger partial charge in [-0.1, -0.05) is 49.7 Å². The Morgan fingerprint density at radius 3 is 2.03 bits per heavy atom. The molecule has 0 saturated carbocycles. The molecule has 1 N–H and O–H groups in total. The highest BCUT2D eigenvalue weighted by Crippen LogP contribution is 2.23. The first kappa shape index (κ1) is 25.7. The molecule has 0 spiro atoms. The molecule has 0 aromatic heterocycles. The van der Waals surface area contributed by atoms with Crippen molar-refractivity contribution in [1.29, 1.82) is 0 Å². The van der Waals surface area contributed by atoms with Gasteiger partial charge in [0.2, 0.25) is 21.8 Å². The number of hydrogen-bond acceptors (Lipinski definition) is 4. The first-order chi connectivity index (χ1) is 14.9. The van der Waals surface area contributed by atoms with Crippen LogP contribution in [0.1, 0.15) is 37.8 Å². The van der Waals surface area contributed by atoms with E-state index in [9.17, 15) is 18.0 Å². The molecule has 7 nitrogen and oxygen atoms in total. The number of amides is 2. The van der Waals surface area contributed by atoms with Crippen molar-refractivity contribution in [1.82, 2.24) is 10.2 Å². The van der Waals surface area contributed by atoms with Gasteiger partial charge in [0.1, 0.15) is 12.6 Å². The minimum atomic E-state index is -3.74. The van der Waals surface area contributed by atoms with Gasteiger partial charge in [-0.25, -0.2) is 8.42 Å². The van der Waals surface area contributed by atoms with Gasteiger partial charge in [0.05, 0.1) is 11.9 Å². The van der Waals surface area contributed by atoms with Crippen LogP contribution in [0.25, 0.3) is 0 Å². The van der Waals surface area contributed by atoms with Crippen molar-refractivity contribution < 1.29 is 18.0 Å². The van der Waals surface area contributed by atoms with Gasteiger partial charge in [-0.15, -0.1) is 0 Å². The second-order valence-corrected chi connectivity index (χ2v) is 10.3. The molecule has 0 bridgehead atoms. The van der Waals surface area contributed by atoms with Crippen LogP contribution in [0.3, 0.4) is 0 Å². The van der Waals surface area contributed by atoms with Gasteiger partial charge < -0.3 is 10.2 Å². The number of hydrogen-bond donors (Lipinski definition) is 1. The van der Waals surface area contributed by atoms with Crippen LogP contribution in [0.5, 0.6) is 0 Å². The summed E-state index contributed by atoms with van der Waals surface area (Å²) in [6.07, 6.45) is 1.06. The number of halogens is 1. The molecule has 2 aromatic carbocycles. The highest BCUT2D eigenvalue weighted by atomic mass is 35.5. The number of carbonyl (C=O) groups is 2. The average Bonchev–Trinajstić information content (AvgIpc) is 2.75. The summed E-state index contributed by atoms with van der Waals surface area (Å²) in [6, 6.07) is 13.2. The van der Waals surface area contributed by atoms with Crippen molar-refractivity contribution in [3.8, 4) is 0 Å². The molecule has 2 aromatic rings. The molecular weight excluding hydrogens is 450 g/mol. The molecule has 0 aliphatic carbocycles. The molecule has 1 atom stereocenters. The summed E-state index contributed by atoms with van der Waals surface area (Å²) in [7, 11) is -2.25. The predicted octanol–water partition coefficient (Wildman–Crippen LogP) is 3.39. The minimum Gasteiger partial charge on any atom is -0.357 e. The monoisotopic (exact) mass is 479 g/mol. The summed E-state index contributed by atoms with van der Waals surface area (Å²) in [6.45, 7) is 5.40. The van der Waals surface area contributed by atoms with E-state index in [-0.39, 0.29) is 12.5 Å². The van der Waals surface area contributed by atoms with Crippen LogP contribution >= 0.6 is 11.6 Å². The van der Waals surface area contributed by atoms with E-state index in [0.717, 1.165) is 21.7 Å². The second kappa shape index (κ2) is 10.8. The number of benzene rings is 2. The number of rotatable bonds is 9. The SMILES string of the molecule is CNC(=O)C(C)N(Cc1ccc(Cl)cc1)C(=O)CN(c1ccc(C(C)C)cc1)S(C)(=O)=O. The third-order valence-electron chi connectivity index (χ3n) is 5.21. The Labute approximate surface area is 195 Å². The quantitative estimate of drug-likeness (QED) is 0.597. The smallest absolute Gasteiger partial charge is 0.244 e. The van der Waals surface area contributed by atoms with E-state index in [1.165, 1.54) is 11.9 Å².